The molecule has 1 aromatic rings. The summed E-state index contributed by atoms with van der Waals surface area (Å²) in [6, 6.07) is 0. The molecule has 0 bridgehead atoms. The van der Waals surface area contributed by atoms with Gasteiger partial charge >= 0.3 is 5.97 Å². The Balaban J connectivity index is 2.70. The maximum absolute atomic E-state index is 11.1. The van der Waals surface area contributed by atoms with Gasteiger partial charge in [0.25, 0.3) is 0 Å². The van der Waals surface area contributed by atoms with Gasteiger partial charge in [-0.15, -0.1) is 5.10 Å². The Morgan fingerprint density at radius 3 is 2.74 bits per heavy atom. The van der Waals surface area contributed by atoms with E-state index in [4.69, 9.17) is 14.9 Å². The van der Waals surface area contributed by atoms with Crippen LogP contribution in [0.4, 0.5) is 0 Å². The second-order valence-electron chi connectivity index (χ2n) is 4.68. The molecule has 0 fully saturated rings. The van der Waals surface area contributed by atoms with Gasteiger partial charge in [-0.25, -0.2) is 9.48 Å². The van der Waals surface area contributed by atoms with Gasteiger partial charge in [0, 0.05) is 0 Å². The van der Waals surface area contributed by atoms with E-state index in [0.717, 1.165) is 6.42 Å². The molecule has 0 unspecified atom stereocenters. The van der Waals surface area contributed by atoms with E-state index >= 15 is 0 Å². The minimum atomic E-state index is -1.05. The monoisotopic (exact) mass is 271 g/mol. The number of nitrogens with zero attached hydrogens (tertiary/aromatic N) is 3. The lowest BCUT2D eigenvalue weighted by atomic mass is 10.1. The van der Waals surface area contributed by atoms with Crippen LogP contribution in [-0.2, 0) is 17.7 Å². The molecule has 0 aliphatic heterocycles. The molecule has 108 valence electrons. The maximum atomic E-state index is 11.1. The van der Waals surface area contributed by atoms with Crippen molar-refractivity contribution in [2.24, 2.45) is 5.92 Å². The van der Waals surface area contributed by atoms with Crippen LogP contribution in [0.25, 0.3) is 0 Å². The highest BCUT2D eigenvalue weighted by atomic mass is 16.5. The zero-order valence-corrected chi connectivity index (χ0v) is 11.4. The number of carbonyl (C=O) groups is 1. The van der Waals surface area contributed by atoms with Gasteiger partial charge in [0.15, 0.2) is 5.69 Å². The predicted molar refractivity (Wildman–Crippen MR) is 68.0 cm³/mol. The lowest BCUT2D eigenvalue weighted by Crippen LogP contribution is -2.14. The lowest BCUT2D eigenvalue weighted by Gasteiger charge is -2.08. The summed E-state index contributed by atoms with van der Waals surface area (Å²) in [4.78, 5) is 11.1. The van der Waals surface area contributed by atoms with Gasteiger partial charge in [-0.2, -0.15) is 0 Å². The van der Waals surface area contributed by atoms with Crippen LogP contribution in [-0.4, -0.2) is 51.0 Å². The first kappa shape index (κ1) is 15.6. The summed E-state index contributed by atoms with van der Waals surface area (Å²) in [5.41, 5.74) is 0.650. The third-order valence-electron chi connectivity index (χ3n) is 2.68. The minimum Gasteiger partial charge on any atom is -0.476 e. The van der Waals surface area contributed by atoms with Gasteiger partial charge in [0.1, 0.15) is 0 Å². The summed E-state index contributed by atoms with van der Waals surface area (Å²) in [6.07, 6.45) is 1.51. The Kier molecular flexibility index (Phi) is 6.44. The number of rotatable bonds is 9. The highest BCUT2D eigenvalue weighted by Gasteiger charge is 2.18. The van der Waals surface area contributed by atoms with Crippen molar-refractivity contribution < 1.29 is 19.7 Å². The molecule has 0 atom stereocenters. The van der Waals surface area contributed by atoms with Crippen molar-refractivity contribution in [3.8, 4) is 0 Å². The zero-order valence-electron chi connectivity index (χ0n) is 11.4. The Bertz CT molecular complexity index is 404. The summed E-state index contributed by atoms with van der Waals surface area (Å²) in [7, 11) is 0. The van der Waals surface area contributed by atoms with Crippen molar-refractivity contribution in [2.45, 2.75) is 33.2 Å². The number of aromatic carboxylic acids is 1. The lowest BCUT2D eigenvalue weighted by molar-refractivity contribution is 0.0688. The van der Waals surface area contributed by atoms with Crippen LogP contribution in [0.15, 0.2) is 0 Å². The van der Waals surface area contributed by atoms with Gasteiger partial charge in [0.05, 0.1) is 32.1 Å². The van der Waals surface area contributed by atoms with Gasteiger partial charge in [-0.3, -0.25) is 0 Å². The molecule has 0 amide bonds. The molecular weight excluding hydrogens is 250 g/mol. The first-order valence-corrected chi connectivity index (χ1v) is 6.40. The zero-order chi connectivity index (χ0) is 14.3. The second kappa shape index (κ2) is 7.85. The fourth-order valence-electron chi connectivity index (χ4n) is 1.67. The van der Waals surface area contributed by atoms with Crippen LogP contribution in [0.5, 0.6) is 0 Å². The third kappa shape index (κ3) is 4.96. The first-order valence-electron chi connectivity index (χ1n) is 6.40. The van der Waals surface area contributed by atoms with Crippen LogP contribution in [0.2, 0.25) is 0 Å². The smallest absolute Gasteiger partial charge is 0.358 e. The summed E-state index contributed by atoms with van der Waals surface area (Å²) in [5, 5.41) is 25.2. The van der Waals surface area contributed by atoms with Gasteiger partial charge in [-0.1, -0.05) is 19.1 Å². The number of carboxylic acids is 1. The molecule has 0 saturated heterocycles. The Hall–Kier alpha value is -1.47. The quantitative estimate of drug-likeness (QED) is 0.637. The van der Waals surface area contributed by atoms with E-state index in [2.05, 4.69) is 24.2 Å². The van der Waals surface area contributed by atoms with E-state index in [0.29, 0.717) is 31.2 Å². The molecule has 19 heavy (non-hydrogen) atoms. The van der Waals surface area contributed by atoms with Gasteiger partial charge < -0.3 is 14.9 Å². The molecule has 7 heteroatoms. The van der Waals surface area contributed by atoms with Crippen LogP contribution in [0.1, 0.15) is 36.5 Å². The number of carboxylic acid groups (broad SMARTS) is 1. The van der Waals surface area contributed by atoms with Crippen molar-refractivity contribution in [3.05, 3.63) is 11.4 Å². The number of hydrogen-bond acceptors (Lipinski definition) is 5. The highest BCUT2D eigenvalue weighted by Crippen LogP contribution is 2.12. The highest BCUT2D eigenvalue weighted by molar-refractivity contribution is 5.86. The fourth-order valence-corrected chi connectivity index (χ4v) is 1.67. The van der Waals surface area contributed by atoms with Crippen molar-refractivity contribution >= 4 is 5.97 Å². The molecular formula is C12H21N3O4. The van der Waals surface area contributed by atoms with E-state index in [1.165, 1.54) is 0 Å². The number of hydrogen-bond donors (Lipinski definition) is 2. The fraction of sp³-hybridized carbons (Fsp3) is 0.750. The van der Waals surface area contributed by atoms with Gasteiger partial charge in [-0.05, 0) is 18.8 Å². The molecule has 0 saturated carbocycles. The predicted octanol–water partition coefficient (Wildman–Crippen LogP) is 0.574. The summed E-state index contributed by atoms with van der Waals surface area (Å²) in [5.74, 6) is -0.572. The van der Waals surface area contributed by atoms with Gasteiger partial charge in [0.2, 0.25) is 0 Å². The topological polar surface area (TPSA) is 97.5 Å². The SMILES string of the molecule is CC(C)CCc1c(C(=O)O)nnn1CCOCCO. The molecule has 0 radical (unpaired) electrons. The molecule has 0 aliphatic rings. The molecule has 0 aromatic carbocycles. The van der Waals surface area contributed by atoms with E-state index < -0.39 is 5.97 Å². The average molecular weight is 271 g/mol. The number of aromatic nitrogens is 3. The molecule has 2 N–H and O–H groups in total. The molecule has 1 rings (SSSR count). The van der Waals surface area contributed by atoms with Crippen molar-refractivity contribution in [3.63, 3.8) is 0 Å². The standard InChI is InChI=1S/C12H21N3O4/c1-9(2)3-4-10-11(12(17)18)13-14-15(10)5-7-19-8-6-16/h9,16H,3-8H2,1-2H3,(H,17,18). The number of ether oxygens (including phenoxy) is 1. The van der Waals surface area contributed by atoms with Crippen LogP contribution < -0.4 is 0 Å². The molecule has 1 heterocycles. The Morgan fingerprint density at radius 2 is 2.16 bits per heavy atom. The molecule has 0 aliphatic carbocycles. The molecule has 7 nitrogen and oxygen atoms in total. The summed E-state index contributed by atoms with van der Waals surface area (Å²) in [6.45, 7) is 5.21. The van der Waals surface area contributed by atoms with Crippen LogP contribution >= 0.6 is 0 Å². The van der Waals surface area contributed by atoms with Crippen molar-refractivity contribution in [1.29, 1.82) is 0 Å². The van der Waals surface area contributed by atoms with Crippen LogP contribution in [0, 0.1) is 5.92 Å². The van der Waals surface area contributed by atoms with Crippen LogP contribution in [0.3, 0.4) is 0 Å². The number of aliphatic hydroxyl groups is 1. The Morgan fingerprint density at radius 1 is 1.42 bits per heavy atom. The molecule has 0 spiro atoms. The molecule has 1 aromatic heterocycles. The van der Waals surface area contributed by atoms with E-state index in [9.17, 15) is 4.79 Å². The van der Waals surface area contributed by atoms with E-state index in [1.54, 1.807) is 4.68 Å². The van der Waals surface area contributed by atoms with E-state index in [1.807, 2.05) is 0 Å². The second-order valence-corrected chi connectivity index (χ2v) is 4.68. The normalized spacial score (nSPS) is 11.2. The largest absolute Gasteiger partial charge is 0.476 e. The summed E-state index contributed by atoms with van der Waals surface area (Å²) >= 11 is 0. The van der Waals surface area contributed by atoms with Crippen molar-refractivity contribution in [2.75, 3.05) is 19.8 Å². The third-order valence-corrected chi connectivity index (χ3v) is 2.68. The Labute approximate surface area is 112 Å². The maximum Gasteiger partial charge on any atom is 0.358 e. The first-order chi connectivity index (χ1) is 9.06. The van der Waals surface area contributed by atoms with E-state index in [-0.39, 0.29) is 18.9 Å². The summed E-state index contributed by atoms with van der Waals surface area (Å²) < 4.78 is 6.72. The number of aliphatic hydroxyl groups excluding tert-OH is 1. The van der Waals surface area contributed by atoms with Crippen molar-refractivity contribution in [1.82, 2.24) is 15.0 Å². The average Bonchev–Trinajstić information content (AvgIpc) is 2.75. The minimum absolute atomic E-state index is 0.0165.